The molecule has 2 aliphatic carbocycles. The molecular weight excluding hydrogens is 448 g/mol. The van der Waals surface area contributed by atoms with Gasteiger partial charge in [0.25, 0.3) is 0 Å². The molecule has 0 N–H and O–H groups in total. The molecule has 34 heavy (non-hydrogen) atoms. The normalized spacial score (nSPS) is 51.8. The van der Waals surface area contributed by atoms with Gasteiger partial charge in [-0.05, 0) is 27.7 Å². The van der Waals surface area contributed by atoms with Crippen LogP contribution in [-0.2, 0) is 47.5 Å². The number of carbonyl (C=O) groups is 2. The Bertz CT molecular complexity index is 988. The van der Waals surface area contributed by atoms with E-state index >= 15 is 0 Å². The van der Waals surface area contributed by atoms with Gasteiger partial charge in [-0.15, -0.1) is 0 Å². The lowest BCUT2D eigenvalue weighted by Gasteiger charge is -2.34. The molecule has 4 bridgehead atoms. The zero-order valence-electron chi connectivity index (χ0n) is 19.7. The average molecular weight is 478 g/mol. The van der Waals surface area contributed by atoms with Gasteiger partial charge >= 0.3 is 11.9 Å². The molecule has 8 rings (SSSR count). The van der Waals surface area contributed by atoms with Crippen molar-refractivity contribution in [2.24, 2.45) is 0 Å². The van der Waals surface area contributed by atoms with Gasteiger partial charge < -0.3 is 37.9 Å². The number of ether oxygens (including phenoxy) is 8. The van der Waals surface area contributed by atoms with Gasteiger partial charge in [-0.25, -0.2) is 4.79 Å². The highest BCUT2D eigenvalue weighted by molar-refractivity contribution is 5.86. The van der Waals surface area contributed by atoms with Crippen molar-refractivity contribution in [3.8, 4) is 0 Å². The van der Waals surface area contributed by atoms with E-state index in [1.807, 2.05) is 27.7 Å². The predicted molar refractivity (Wildman–Crippen MR) is 110 cm³/mol. The van der Waals surface area contributed by atoms with Crippen LogP contribution in [0, 0.1) is 0 Å². The SMILES string of the molecule is CC1(C)OC2[C@H]3C[C@]4(C[C@H]2O1)OC(=O)C=C4O3.CC1(C)OC2[C@H]3C[C@]4(C[C@H]2O1)OC(=O)C[C@@H]4O3. The third kappa shape index (κ3) is 3.05. The standard InChI is InChI=1S/C12H16O5.C12H14O5/c2*1-11(2)15-7-5-12-4-6(10(7)17-11)14-8(12)3-9(13)16-12/h6-8,10H,3-5H2,1-2H3;3,6-7,10H,4-5H2,1-2H3/t6-,7-,8+,10?,12-;6-,7-,10?,12-/m11/s1. The van der Waals surface area contributed by atoms with Gasteiger partial charge in [0.1, 0.15) is 35.8 Å². The van der Waals surface area contributed by atoms with Gasteiger partial charge in [-0.1, -0.05) is 0 Å². The van der Waals surface area contributed by atoms with E-state index in [1.54, 1.807) is 0 Å². The summed E-state index contributed by atoms with van der Waals surface area (Å²) in [4.78, 5) is 22.7. The summed E-state index contributed by atoms with van der Waals surface area (Å²) in [7, 11) is 0. The summed E-state index contributed by atoms with van der Waals surface area (Å²) in [5.74, 6) is -0.934. The molecule has 0 aromatic heterocycles. The van der Waals surface area contributed by atoms with Crippen LogP contribution >= 0.6 is 0 Å². The van der Waals surface area contributed by atoms with Gasteiger partial charge in [0.15, 0.2) is 17.2 Å². The molecule has 6 heterocycles. The number of esters is 2. The van der Waals surface area contributed by atoms with Gasteiger partial charge in [0, 0.05) is 25.7 Å². The fraction of sp³-hybridized carbons (Fsp3) is 0.833. The molecule has 9 atom stereocenters. The van der Waals surface area contributed by atoms with Gasteiger partial charge in [0.2, 0.25) is 0 Å². The molecule has 7 fully saturated rings. The van der Waals surface area contributed by atoms with Crippen molar-refractivity contribution in [1.29, 1.82) is 0 Å². The number of hydrogen-bond acceptors (Lipinski definition) is 10. The van der Waals surface area contributed by atoms with E-state index in [0.717, 1.165) is 6.42 Å². The second-order valence-corrected chi connectivity index (χ2v) is 11.6. The van der Waals surface area contributed by atoms with E-state index in [0.29, 0.717) is 31.4 Å². The van der Waals surface area contributed by atoms with Gasteiger partial charge in [0.05, 0.1) is 30.8 Å². The summed E-state index contributed by atoms with van der Waals surface area (Å²) in [5, 5.41) is 0. The second kappa shape index (κ2) is 6.53. The monoisotopic (exact) mass is 478 g/mol. The molecule has 8 aliphatic rings. The number of hydrogen-bond donors (Lipinski definition) is 0. The maximum atomic E-state index is 11.4. The van der Waals surface area contributed by atoms with Crippen LogP contribution in [0.4, 0.5) is 0 Å². The number of fused-ring (bicyclic) bond motifs is 6. The van der Waals surface area contributed by atoms with E-state index < -0.39 is 22.8 Å². The first-order valence-electron chi connectivity index (χ1n) is 12.2. The zero-order valence-corrected chi connectivity index (χ0v) is 19.7. The minimum absolute atomic E-state index is 0.00799. The molecule has 2 unspecified atom stereocenters. The Hall–Kier alpha value is -1.72. The van der Waals surface area contributed by atoms with Crippen molar-refractivity contribution in [1.82, 2.24) is 0 Å². The molecule has 6 aliphatic heterocycles. The Kier molecular flexibility index (Phi) is 4.14. The summed E-state index contributed by atoms with van der Waals surface area (Å²) in [6.45, 7) is 7.62. The highest BCUT2D eigenvalue weighted by Gasteiger charge is 2.67. The maximum Gasteiger partial charge on any atom is 0.335 e. The molecule has 186 valence electrons. The minimum Gasteiger partial charge on any atom is -0.487 e. The average Bonchev–Trinajstić information content (AvgIpc) is 3.45. The van der Waals surface area contributed by atoms with Crippen LogP contribution in [0.2, 0.25) is 0 Å². The Labute approximate surface area is 197 Å². The molecule has 5 saturated heterocycles. The lowest BCUT2D eigenvalue weighted by molar-refractivity contribution is -0.163. The Balaban J connectivity index is 0.000000118. The van der Waals surface area contributed by atoms with Crippen molar-refractivity contribution < 1.29 is 47.5 Å². The van der Waals surface area contributed by atoms with Crippen molar-refractivity contribution in [3.05, 3.63) is 11.8 Å². The summed E-state index contributed by atoms with van der Waals surface area (Å²) >= 11 is 0. The highest BCUT2D eigenvalue weighted by atomic mass is 16.8. The third-order valence-electron chi connectivity index (χ3n) is 8.20. The van der Waals surface area contributed by atoms with Crippen molar-refractivity contribution in [2.45, 2.75) is 125 Å². The summed E-state index contributed by atoms with van der Waals surface area (Å²) in [6, 6.07) is 0. The highest BCUT2D eigenvalue weighted by Crippen LogP contribution is 2.54. The van der Waals surface area contributed by atoms with Crippen molar-refractivity contribution in [3.63, 3.8) is 0 Å². The third-order valence-corrected chi connectivity index (χ3v) is 8.20. The maximum absolute atomic E-state index is 11.4. The molecule has 0 radical (unpaired) electrons. The first kappa shape index (κ1) is 21.6. The zero-order chi connectivity index (χ0) is 23.7. The van der Waals surface area contributed by atoms with E-state index in [1.165, 1.54) is 6.08 Å². The summed E-state index contributed by atoms with van der Waals surface area (Å²) in [6.07, 6.45) is 4.31. The largest absolute Gasteiger partial charge is 0.487 e. The minimum atomic E-state index is -0.577. The van der Waals surface area contributed by atoms with Crippen LogP contribution in [0.3, 0.4) is 0 Å². The van der Waals surface area contributed by atoms with Crippen LogP contribution in [0.5, 0.6) is 0 Å². The molecule has 0 aromatic rings. The second-order valence-electron chi connectivity index (χ2n) is 11.6. The van der Waals surface area contributed by atoms with E-state index in [4.69, 9.17) is 37.9 Å². The van der Waals surface area contributed by atoms with Crippen LogP contribution < -0.4 is 0 Å². The molecule has 0 amide bonds. The Morgan fingerprint density at radius 3 is 2.12 bits per heavy atom. The number of carbonyl (C=O) groups excluding carboxylic acids is 2. The molecule has 0 aromatic carbocycles. The quantitative estimate of drug-likeness (QED) is 0.477. The van der Waals surface area contributed by atoms with Gasteiger partial charge in [-0.3, -0.25) is 4.79 Å². The molecule has 10 nitrogen and oxygen atoms in total. The van der Waals surface area contributed by atoms with Crippen molar-refractivity contribution >= 4 is 11.9 Å². The molecule has 2 spiro atoms. The molecule has 2 saturated carbocycles. The van der Waals surface area contributed by atoms with Gasteiger partial charge in [-0.2, -0.15) is 0 Å². The van der Waals surface area contributed by atoms with E-state index in [2.05, 4.69) is 0 Å². The first-order chi connectivity index (χ1) is 15.9. The smallest absolute Gasteiger partial charge is 0.335 e. The van der Waals surface area contributed by atoms with E-state index in [-0.39, 0.29) is 54.7 Å². The van der Waals surface area contributed by atoms with Crippen molar-refractivity contribution in [2.75, 3.05) is 0 Å². The fourth-order valence-corrected chi connectivity index (χ4v) is 7.14. The van der Waals surface area contributed by atoms with Crippen LogP contribution in [-0.4, -0.2) is 77.4 Å². The van der Waals surface area contributed by atoms with E-state index in [9.17, 15) is 9.59 Å². The fourth-order valence-electron chi connectivity index (χ4n) is 7.14. The lowest BCUT2D eigenvalue weighted by Crippen LogP contribution is -2.47. The Morgan fingerprint density at radius 2 is 1.38 bits per heavy atom. The number of rotatable bonds is 0. The van der Waals surface area contributed by atoms with Crippen LogP contribution in [0.25, 0.3) is 0 Å². The summed E-state index contributed by atoms with van der Waals surface area (Å²) in [5.41, 5.74) is -1.01. The van der Waals surface area contributed by atoms with Crippen LogP contribution in [0.15, 0.2) is 11.8 Å². The molecule has 10 heteroatoms. The Morgan fingerprint density at radius 1 is 0.765 bits per heavy atom. The predicted octanol–water partition coefficient (Wildman–Crippen LogP) is 1.63. The summed E-state index contributed by atoms with van der Waals surface area (Å²) < 4.78 is 46.1. The first-order valence-corrected chi connectivity index (χ1v) is 12.2. The topological polar surface area (TPSA) is 108 Å². The van der Waals surface area contributed by atoms with Crippen LogP contribution in [0.1, 0.15) is 59.8 Å². The molecular formula is C24H30O10. The lowest BCUT2D eigenvalue weighted by atomic mass is 9.80.